The number of H-pyrrole nitrogens is 1. The fourth-order valence-corrected chi connectivity index (χ4v) is 3.00. The molecular formula is C16H17N5O2S. The third-order valence-electron chi connectivity index (χ3n) is 3.30. The first-order chi connectivity index (χ1) is 11.5. The molecule has 0 fully saturated rings. The van der Waals surface area contributed by atoms with E-state index in [1.54, 1.807) is 24.3 Å². The van der Waals surface area contributed by atoms with Crippen LogP contribution >= 0.6 is 0 Å². The number of rotatable bonds is 6. The van der Waals surface area contributed by atoms with Crippen molar-refractivity contribution < 1.29 is 8.42 Å². The Morgan fingerprint density at radius 3 is 2.38 bits per heavy atom. The van der Waals surface area contributed by atoms with E-state index >= 15 is 0 Å². The maximum atomic E-state index is 12.1. The van der Waals surface area contributed by atoms with Crippen molar-refractivity contribution >= 4 is 15.9 Å². The molecule has 0 saturated carbocycles. The van der Waals surface area contributed by atoms with Crippen molar-refractivity contribution in [1.82, 2.24) is 19.9 Å². The summed E-state index contributed by atoms with van der Waals surface area (Å²) in [4.78, 5) is 4.23. The molecule has 0 radical (unpaired) electrons. The average Bonchev–Trinajstić information content (AvgIpc) is 3.01. The van der Waals surface area contributed by atoms with Crippen LogP contribution in [0.25, 0.3) is 11.4 Å². The summed E-state index contributed by atoms with van der Waals surface area (Å²) in [5.41, 5.74) is 2.16. The van der Waals surface area contributed by atoms with Gasteiger partial charge < -0.3 is 0 Å². The molecule has 0 atom stereocenters. The topological polar surface area (TPSA) is 99.8 Å². The van der Waals surface area contributed by atoms with Crippen molar-refractivity contribution in [2.45, 2.75) is 13.5 Å². The Hall–Kier alpha value is -2.71. The minimum atomic E-state index is -3.64. The largest absolute Gasteiger partial charge is 0.299 e. The van der Waals surface area contributed by atoms with Crippen LogP contribution in [0.5, 0.6) is 0 Å². The van der Waals surface area contributed by atoms with Crippen LogP contribution in [-0.4, -0.2) is 23.6 Å². The van der Waals surface area contributed by atoms with E-state index in [2.05, 4.69) is 24.6 Å². The van der Waals surface area contributed by atoms with Crippen molar-refractivity contribution in [1.29, 1.82) is 0 Å². The molecule has 124 valence electrons. The lowest BCUT2D eigenvalue weighted by molar-refractivity contribution is 0.587. The zero-order valence-corrected chi connectivity index (χ0v) is 13.8. The van der Waals surface area contributed by atoms with Crippen LogP contribution in [0.15, 0.2) is 54.6 Å². The Labute approximate surface area is 140 Å². The molecule has 1 heterocycles. The molecule has 0 unspecified atom stereocenters. The number of benzene rings is 2. The van der Waals surface area contributed by atoms with Crippen LogP contribution in [0.4, 0.5) is 5.69 Å². The molecule has 2 aromatic carbocycles. The van der Waals surface area contributed by atoms with Crippen molar-refractivity contribution in [3.63, 3.8) is 0 Å². The summed E-state index contributed by atoms with van der Waals surface area (Å²) in [6.45, 7) is 2.04. The normalized spacial score (nSPS) is 11.4. The van der Waals surface area contributed by atoms with Gasteiger partial charge in [-0.15, -0.1) is 0 Å². The molecule has 0 saturated heterocycles. The predicted octanol–water partition coefficient (Wildman–Crippen LogP) is 2.23. The SMILES string of the molecule is Cc1nc(-c2ccc(NS(=O)(=O)NCc3ccccc3)cc2)n[nH]1. The van der Waals surface area contributed by atoms with Gasteiger partial charge in [-0.2, -0.15) is 18.2 Å². The summed E-state index contributed by atoms with van der Waals surface area (Å²) in [5, 5.41) is 6.84. The van der Waals surface area contributed by atoms with Gasteiger partial charge in [0.1, 0.15) is 5.82 Å². The molecule has 24 heavy (non-hydrogen) atoms. The first kappa shape index (κ1) is 16.2. The highest BCUT2D eigenvalue weighted by Crippen LogP contribution is 2.18. The lowest BCUT2D eigenvalue weighted by atomic mass is 10.2. The smallest absolute Gasteiger partial charge is 0.271 e. The molecule has 3 N–H and O–H groups in total. The van der Waals surface area contributed by atoms with E-state index < -0.39 is 10.2 Å². The second kappa shape index (κ2) is 6.81. The molecule has 3 aromatic rings. The van der Waals surface area contributed by atoms with E-state index in [9.17, 15) is 8.42 Å². The molecule has 1 aromatic heterocycles. The molecule has 0 aliphatic heterocycles. The van der Waals surface area contributed by atoms with Gasteiger partial charge in [-0.1, -0.05) is 30.3 Å². The standard InChI is InChI=1S/C16H17N5O2S/c1-12-18-16(20-19-12)14-7-9-15(10-8-14)21-24(22,23)17-11-13-5-3-2-4-6-13/h2-10,17,21H,11H2,1H3,(H,18,19,20). The molecule has 0 aliphatic carbocycles. The number of nitrogens with zero attached hydrogens (tertiary/aromatic N) is 2. The average molecular weight is 343 g/mol. The predicted molar refractivity (Wildman–Crippen MR) is 92.4 cm³/mol. The van der Waals surface area contributed by atoms with E-state index in [4.69, 9.17) is 0 Å². The molecular weight excluding hydrogens is 326 g/mol. The third kappa shape index (κ3) is 4.18. The van der Waals surface area contributed by atoms with Crippen LogP contribution < -0.4 is 9.44 Å². The van der Waals surface area contributed by atoms with Gasteiger partial charge in [-0.3, -0.25) is 9.82 Å². The highest BCUT2D eigenvalue weighted by molar-refractivity contribution is 7.90. The number of anilines is 1. The molecule has 0 amide bonds. The van der Waals surface area contributed by atoms with Crippen LogP contribution in [0.2, 0.25) is 0 Å². The Morgan fingerprint density at radius 2 is 1.75 bits per heavy atom. The van der Waals surface area contributed by atoms with Gasteiger partial charge in [0.05, 0.1) is 0 Å². The Bertz CT molecular complexity index is 905. The molecule has 0 bridgehead atoms. The number of nitrogens with one attached hydrogen (secondary N) is 3. The zero-order chi connectivity index (χ0) is 17.0. The fraction of sp³-hybridized carbons (Fsp3) is 0.125. The highest BCUT2D eigenvalue weighted by atomic mass is 32.2. The highest BCUT2D eigenvalue weighted by Gasteiger charge is 2.10. The van der Waals surface area contributed by atoms with E-state index in [0.29, 0.717) is 11.5 Å². The summed E-state index contributed by atoms with van der Waals surface area (Å²) >= 11 is 0. The molecule has 0 aliphatic rings. The van der Waals surface area contributed by atoms with E-state index in [-0.39, 0.29) is 6.54 Å². The lowest BCUT2D eigenvalue weighted by Gasteiger charge is -2.09. The minimum absolute atomic E-state index is 0.227. The Morgan fingerprint density at radius 1 is 1.04 bits per heavy atom. The van der Waals surface area contributed by atoms with Gasteiger partial charge in [-0.05, 0) is 36.8 Å². The lowest BCUT2D eigenvalue weighted by Crippen LogP contribution is -2.29. The molecule has 3 rings (SSSR count). The number of aromatic amines is 1. The number of hydrogen-bond acceptors (Lipinski definition) is 4. The quantitative estimate of drug-likeness (QED) is 0.639. The number of aryl methyl sites for hydroxylation is 1. The first-order valence-corrected chi connectivity index (χ1v) is 8.81. The first-order valence-electron chi connectivity index (χ1n) is 7.33. The van der Waals surface area contributed by atoms with Gasteiger partial charge in [0.2, 0.25) is 0 Å². The second-order valence-electron chi connectivity index (χ2n) is 5.23. The number of hydrogen-bond donors (Lipinski definition) is 3. The second-order valence-corrected chi connectivity index (χ2v) is 6.73. The van der Waals surface area contributed by atoms with Crippen molar-refractivity contribution in [2.24, 2.45) is 0 Å². The van der Waals surface area contributed by atoms with Gasteiger partial charge in [0.25, 0.3) is 10.2 Å². The van der Waals surface area contributed by atoms with Crippen molar-refractivity contribution in [2.75, 3.05) is 4.72 Å². The van der Waals surface area contributed by atoms with Gasteiger partial charge in [0.15, 0.2) is 5.82 Å². The summed E-state index contributed by atoms with van der Waals surface area (Å²) in [6.07, 6.45) is 0. The summed E-state index contributed by atoms with van der Waals surface area (Å²) < 4.78 is 29.1. The van der Waals surface area contributed by atoms with Crippen LogP contribution in [0.3, 0.4) is 0 Å². The van der Waals surface area contributed by atoms with Crippen LogP contribution in [0.1, 0.15) is 11.4 Å². The van der Waals surface area contributed by atoms with Crippen LogP contribution in [-0.2, 0) is 16.8 Å². The van der Waals surface area contributed by atoms with Gasteiger partial charge in [0, 0.05) is 17.8 Å². The van der Waals surface area contributed by atoms with Crippen molar-refractivity contribution in [3.8, 4) is 11.4 Å². The minimum Gasteiger partial charge on any atom is -0.271 e. The third-order valence-corrected chi connectivity index (χ3v) is 4.33. The van der Waals surface area contributed by atoms with Gasteiger partial charge in [-0.25, -0.2) is 4.98 Å². The Kier molecular flexibility index (Phi) is 4.59. The molecule has 7 nitrogen and oxygen atoms in total. The maximum absolute atomic E-state index is 12.1. The zero-order valence-electron chi connectivity index (χ0n) is 13.0. The summed E-state index contributed by atoms with van der Waals surface area (Å²) in [5.74, 6) is 1.30. The Balaban J connectivity index is 1.64. The summed E-state index contributed by atoms with van der Waals surface area (Å²) in [7, 11) is -3.64. The van der Waals surface area contributed by atoms with Crippen LogP contribution in [0, 0.1) is 6.92 Å². The van der Waals surface area contributed by atoms with E-state index in [1.807, 2.05) is 37.3 Å². The van der Waals surface area contributed by atoms with Gasteiger partial charge >= 0.3 is 0 Å². The summed E-state index contributed by atoms with van der Waals surface area (Å²) in [6, 6.07) is 16.2. The molecule has 0 spiro atoms. The fourth-order valence-electron chi connectivity index (χ4n) is 2.12. The monoisotopic (exact) mass is 343 g/mol. The molecule has 8 heteroatoms. The maximum Gasteiger partial charge on any atom is 0.299 e. The van der Waals surface area contributed by atoms with E-state index in [0.717, 1.165) is 17.0 Å². The van der Waals surface area contributed by atoms with E-state index in [1.165, 1.54) is 0 Å². The number of aromatic nitrogens is 3. The van der Waals surface area contributed by atoms with Crippen molar-refractivity contribution in [3.05, 3.63) is 66.0 Å².